The fourth-order valence-electron chi connectivity index (χ4n) is 2.67. The topological polar surface area (TPSA) is 62.1 Å². The van der Waals surface area contributed by atoms with E-state index in [2.05, 4.69) is 23.5 Å². The van der Waals surface area contributed by atoms with Gasteiger partial charge in [-0.25, -0.2) is 0 Å². The Bertz CT molecular complexity index is 944. The Labute approximate surface area is 146 Å². The minimum absolute atomic E-state index is 0.128. The van der Waals surface area contributed by atoms with Crippen LogP contribution in [0.4, 0.5) is 0 Å². The number of fused-ring (bicyclic) bond motifs is 1. The standard InChI is InChI=1S/C21H18N2O2/c1-15(17-11-10-16-6-2-3-7-18(16)12-17)23-21(24)14-25-20-9-5-4-8-19(20)13-22/h2-12,15H,14H2,1H3,(H,23,24)/t15-/m0/s1. The molecule has 124 valence electrons. The fourth-order valence-corrected chi connectivity index (χ4v) is 2.67. The molecule has 25 heavy (non-hydrogen) atoms. The quantitative estimate of drug-likeness (QED) is 0.770. The third-order valence-electron chi connectivity index (χ3n) is 4.02. The van der Waals surface area contributed by atoms with Crippen molar-refractivity contribution < 1.29 is 9.53 Å². The van der Waals surface area contributed by atoms with E-state index in [1.807, 2.05) is 37.3 Å². The van der Waals surface area contributed by atoms with Crippen LogP contribution in [0.15, 0.2) is 66.7 Å². The summed E-state index contributed by atoms with van der Waals surface area (Å²) in [4.78, 5) is 12.1. The van der Waals surface area contributed by atoms with Gasteiger partial charge in [-0.05, 0) is 41.5 Å². The Morgan fingerprint density at radius 3 is 2.60 bits per heavy atom. The van der Waals surface area contributed by atoms with Crippen LogP contribution in [-0.2, 0) is 4.79 Å². The molecule has 1 amide bonds. The molecule has 4 heteroatoms. The van der Waals surface area contributed by atoms with Crippen LogP contribution in [0.3, 0.4) is 0 Å². The first-order valence-corrected chi connectivity index (χ1v) is 8.07. The van der Waals surface area contributed by atoms with Crippen LogP contribution in [0.25, 0.3) is 10.8 Å². The van der Waals surface area contributed by atoms with Crippen LogP contribution in [0.2, 0.25) is 0 Å². The lowest BCUT2D eigenvalue weighted by Gasteiger charge is -2.15. The predicted octanol–water partition coefficient (Wildman–Crippen LogP) is 3.97. The average Bonchev–Trinajstić information content (AvgIpc) is 2.66. The Hall–Kier alpha value is -3.32. The van der Waals surface area contributed by atoms with Crippen LogP contribution in [0.5, 0.6) is 5.75 Å². The third-order valence-corrected chi connectivity index (χ3v) is 4.02. The molecule has 3 aromatic rings. The van der Waals surface area contributed by atoms with E-state index in [9.17, 15) is 4.79 Å². The number of hydrogen-bond donors (Lipinski definition) is 1. The van der Waals surface area contributed by atoms with E-state index in [1.165, 1.54) is 5.39 Å². The highest BCUT2D eigenvalue weighted by Crippen LogP contribution is 2.20. The lowest BCUT2D eigenvalue weighted by molar-refractivity contribution is -0.123. The Balaban J connectivity index is 1.62. The van der Waals surface area contributed by atoms with E-state index in [-0.39, 0.29) is 18.6 Å². The van der Waals surface area contributed by atoms with Crippen molar-refractivity contribution in [3.05, 3.63) is 77.9 Å². The fraction of sp³-hybridized carbons (Fsp3) is 0.143. The molecule has 4 nitrogen and oxygen atoms in total. The Kier molecular flexibility index (Phi) is 4.96. The van der Waals surface area contributed by atoms with Gasteiger partial charge in [0.05, 0.1) is 11.6 Å². The molecule has 0 aliphatic carbocycles. The third kappa shape index (κ3) is 3.96. The van der Waals surface area contributed by atoms with Gasteiger partial charge in [0, 0.05) is 0 Å². The van der Waals surface area contributed by atoms with Crippen molar-refractivity contribution in [2.45, 2.75) is 13.0 Å². The first-order valence-electron chi connectivity index (χ1n) is 8.07. The van der Waals surface area contributed by atoms with Crippen molar-refractivity contribution in [3.63, 3.8) is 0 Å². The molecule has 0 bridgehead atoms. The second kappa shape index (κ2) is 7.50. The van der Waals surface area contributed by atoms with Gasteiger partial charge in [-0.15, -0.1) is 0 Å². The first-order chi connectivity index (χ1) is 12.2. The molecule has 0 aliphatic heterocycles. The van der Waals surface area contributed by atoms with Crippen LogP contribution in [-0.4, -0.2) is 12.5 Å². The molecule has 0 radical (unpaired) electrons. The number of carbonyl (C=O) groups is 1. The van der Waals surface area contributed by atoms with Gasteiger partial charge in [0.25, 0.3) is 5.91 Å². The highest BCUT2D eigenvalue weighted by Gasteiger charge is 2.11. The van der Waals surface area contributed by atoms with E-state index in [4.69, 9.17) is 10.00 Å². The zero-order valence-electron chi connectivity index (χ0n) is 13.9. The molecule has 0 saturated heterocycles. The molecular formula is C21H18N2O2. The number of rotatable bonds is 5. The number of benzene rings is 3. The number of amides is 1. The number of nitrogens with zero attached hydrogens (tertiary/aromatic N) is 1. The van der Waals surface area contributed by atoms with Crippen molar-refractivity contribution in [3.8, 4) is 11.8 Å². The summed E-state index contributed by atoms with van der Waals surface area (Å²) in [6, 6.07) is 23.0. The van der Waals surface area contributed by atoms with Gasteiger partial charge in [-0.1, -0.05) is 48.5 Å². The van der Waals surface area contributed by atoms with Gasteiger partial charge in [-0.2, -0.15) is 5.26 Å². The van der Waals surface area contributed by atoms with E-state index < -0.39 is 0 Å². The molecule has 0 unspecified atom stereocenters. The Morgan fingerprint density at radius 2 is 1.80 bits per heavy atom. The number of hydrogen-bond acceptors (Lipinski definition) is 3. The molecule has 0 fully saturated rings. The van der Waals surface area contributed by atoms with Gasteiger partial charge in [-0.3, -0.25) is 4.79 Å². The van der Waals surface area contributed by atoms with Gasteiger partial charge < -0.3 is 10.1 Å². The second-order valence-electron chi connectivity index (χ2n) is 5.79. The Morgan fingerprint density at radius 1 is 1.08 bits per heavy atom. The van der Waals surface area contributed by atoms with Crippen molar-refractivity contribution in [2.75, 3.05) is 6.61 Å². The molecule has 3 rings (SSSR count). The van der Waals surface area contributed by atoms with Crippen molar-refractivity contribution in [1.82, 2.24) is 5.32 Å². The molecule has 3 aromatic carbocycles. The lowest BCUT2D eigenvalue weighted by atomic mass is 10.0. The summed E-state index contributed by atoms with van der Waals surface area (Å²) in [6.45, 7) is 1.81. The minimum Gasteiger partial charge on any atom is -0.482 e. The van der Waals surface area contributed by atoms with Gasteiger partial charge in [0.1, 0.15) is 11.8 Å². The summed E-state index contributed by atoms with van der Waals surface area (Å²) in [6.07, 6.45) is 0. The zero-order valence-corrected chi connectivity index (χ0v) is 13.9. The van der Waals surface area contributed by atoms with E-state index >= 15 is 0 Å². The molecule has 0 spiro atoms. The molecule has 0 aromatic heterocycles. The maximum atomic E-state index is 12.1. The second-order valence-corrected chi connectivity index (χ2v) is 5.79. The number of nitriles is 1. The van der Waals surface area contributed by atoms with Gasteiger partial charge in [0.15, 0.2) is 6.61 Å². The van der Waals surface area contributed by atoms with Crippen LogP contribution >= 0.6 is 0 Å². The maximum absolute atomic E-state index is 12.1. The normalized spacial score (nSPS) is 11.5. The number of ether oxygens (including phenoxy) is 1. The van der Waals surface area contributed by atoms with Crippen LogP contribution in [0.1, 0.15) is 24.1 Å². The smallest absolute Gasteiger partial charge is 0.258 e. The summed E-state index contributed by atoms with van der Waals surface area (Å²) < 4.78 is 5.46. The zero-order chi connectivity index (χ0) is 17.6. The largest absolute Gasteiger partial charge is 0.482 e. The molecule has 1 atom stereocenters. The summed E-state index contributed by atoms with van der Waals surface area (Å²) in [5, 5.41) is 14.3. The molecule has 0 aliphatic rings. The van der Waals surface area contributed by atoms with Crippen LogP contribution < -0.4 is 10.1 Å². The number of nitrogens with one attached hydrogen (secondary N) is 1. The molecular weight excluding hydrogens is 312 g/mol. The van der Waals surface area contributed by atoms with E-state index in [0.717, 1.165) is 10.9 Å². The summed E-state index contributed by atoms with van der Waals surface area (Å²) in [5.74, 6) is 0.187. The minimum atomic E-state index is -0.228. The number of carbonyl (C=O) groups excluding carboxylic acids is 1. The van der Waals surface area contributed by atoms with Gasteiger partial charge in [0.2, 0.25) is 0 Å². The molecule has 1 N–H and O–H groups in total. The van der Waals surface area contributed by atoms with Crippen LogP contribution in [0, 0.1) is 11.3 Å². The predicted molar refractivity (Wildman–Crippen MR) is 97.2 cm³/mol. The van der Waals surface area contributed by atoms with E-state index in [1.54, 1.807) is 24.3 Å². The summed E-state index contributed by atoms with van der Waals surface area (Å²) >= 11 is 0. The average molecular weight is 330 g/mol. The van der Waals surface area contributed by atoms with Gasteiger partial charge >= 0.3 is 0 Å². The molecule has 0 heterocycles. The van der Waals surface area contributed by atoms with Crippen molar-refractivity contribution >= 4 is 16.7 Å². The molecule has 0 saturated carbocycles. The highest BCUT2D eigenvalue weighted by atomic mass is 16.5. The SMILES string of the molecule is C[C@H](NC(=O)COc1ccccc1C#N)c1ccc2ccccc2c1. The summed E-state index contributed by atoms with van der Waals surface area (Å²) in [5.41, 5.74) is 1.45. The monoisotopic (exact) mass is 330 g/mol. The lowest BCUT2D eigenvalue weighted by Crippen LogP contribution is -2.31. The summed E-state index contributed by atoms with van der Waals surface area (Å²) in [7, 11) is 0. The van der Waals surface area contributed by atoms with Crippen molar-refractivity contribution in [2.24, 2.45) is 0 Å². The highest BCUT2D eigenvalue weighted by molar-refractivity contribution is 5.83. The number of para-hydroxylation sites is 1. The first kappa shape index (κ1) is 16.5. The van der Waals surface area contributed by atoms with E-state index in [0.29, 0.717) is 11.3 Å². The maximum Gasteiger partial charge on any atom is 0.258 e. The van der Waals surface area contributed by atoms with Crippen molar-refractivity contribution in [1.29, 1.82) is 5.26 Å².